The number of aromatic nitrogens is 2. The van der Waals surface area contributed by atoms with Crippen molar-refractivity contribution in [3.05, 3.63) is 88.2 Å². The number of carbonyl (C=O) groups is 1. The van der Waals surface area contributed by atoms with Gasteiger partial charge in [-0.15, -0.1) is 0 Å². The highest BCUT2D eigenvalue weighted by atomic mass is 16.2. The predicted molar refractivity (Wildman–Crippen MR) is 136 cm³/mol. The third-order valence-electron chi connectivity index (χ3n) is 6.61. The van der Waals surface area contributed by atoms with Gasteiger partial charge in [0.05, 0.1) is 12.2 Å². The van der Waals surface area contributed by atoms with E-state index >= 15 is 0 Å². The SMILES string of the molecule is Cc1nn(Cc2ccccc2)c(C)c1CNC(=O)NCc1ccc(CN2CCN(C)CC2)cc1. The summed E-state index contributed by atoms with van der Waals surface area (Å²) in [5.74, 6) is 0. The molecule has 0 unspecified atom stereocenters. The van der Waals surface area contributed by atoms with Crippen LogP contribution in [-0.2, 0) is 26.2 Å². The van der Waals surface area contributed by atoms with E-state index in [-0.39, 0.29) is 6.03 Å². The van der Waals surface area contributed by atoms with Gasteiger partial charge in [0.15, 0.2) is 0 Å². The molecule has 2 amide bonds. The molecular weight excluding hydrogens is 424 g/mol. The summed E-state index contributed by atoms with van der Waals surface area (Å²) in [5.41, 5.74) is 6.72. The first kappa shape index (κ1) is 24.0. The average Bonchev–Trinajstić information content (AvgIpc) is 3.11. The second-order valence-corrected chi connectivity index (χ2v) is 9.22. The summed E-state index contributed by atoms with van der Waals surface area (Å²) in [6.45, 7) is 11.2. The molecule has 2 heterocycles. The number of benzene rings is 2. The predicted octanol–water partition coefficient (Wildman–Crippen LogP) is 3.30. The Balaban J connectivity index is 1.23. The Kier molecular flexibility index (Phi) is 7.98. The van der Waals surface area contributed by atoms with Crippen molar-refractivity contribution in [2.75, 3.05) is 33.2 Å². The molecule has 7 heteroatoms. The molecule has 0 bridgehead atoms. The van der Waals surface area contributed by atoms with Gasteiger partial charge in [-0.05, 0) is 37.6 Å². The Morgan fingerprint density at radius 1 is 0.824 bits per heavy atom. The average molecular weight is 461 g/mol. The fourth-order valence-corrected chi connectivity index (χ4v) is 4.34. The maximum Gasteiger partial charge on any atom is 0.315 e. The topological polar surface area (TPSA) is 65.4 Å². The second-order valence-electron chi connectivity index (χ2n) is 9.22. The van der Waals surface area contributed by atoms with E-state index in [1.165, 1.54) is 11.1 Å². The zero-order valence-electron chi connectivity index (χ0n) is 20.6. The van der Waals surface area contributed by atoms with Gasteiger partial charge in [0, 0.05) is 57.1 Å². The Labute approximate surface area is 202 Å². The summed E-state index contributed by atoms with van der Waals surface area (Å²) in [4.78, 5) is 17.3. The lowest BCUT2D eigenvalue weighted by molar-refractivity contribution is 0.148. The van der Waals surface area contributed by atoms with Gasteiger partial charge < -0.3 is 15.5 Å². The standard InChI is InChI=1S/C27H36N6O/c1-21-26(22(2)33(30-21)20-24-7-5-4-6-8-24)18-29-27(34)28-17-23-9-11-25(12-10-23)19-32-15-13-31(3)14-16-32/h4-12H,13-20H2,1-3H3,(H2,28,29,34). The van der Waals surface area contributed by atoms with E-state index in [9.17, 15) is 4.79 Å². The summed E-state index contributed by atoms with van der Waals surface area (Å²) >= 11 is 0. The van der Waals surface area contributed by atoms with Crippen molar-refractivity contribution in [2.45, 2.75) is 40.0 Å². The molecule has 0 spiro atoms. The number of hydrogen-bond acceptors (Lipinski definition) is 4. The smallest absolute Gasteiger partial charge is 0.315 e. The molecule has 34 heavy (non-hydrogen) atoms. The zero-order chi connectivity index (χ0) is 23.9. The van der Waals surface area contributed by atoms with Gasteiger partial charge in [0.25, 0.3) is 0 Å². The van der Waals surface area contributed by atoms with E-state index in [1.807, 2.05) is 29.8 Å². The van der Waals surface area contributed by atoms with Crippen LogP contribution in [0.4, 0.5) is 4.79 Å². The summed E-state index contributed by atoms with van der Waals surface area (Å²) < 4.78 is 2.00. The van der Waals surface area contributed by atoms with E-state index in [4.69, 9.17) is 0 Å². The third kappa shape index (κ3) is 6.46. The Bertz CT molecular complexity index is 1070. The largest absolute Gasteiger partial charge is 0.334 e. The third-order valence-corrected chi connectivity index (χ3v) is 6.61. The van der Waals surface area contributed by atoms with Crippen LogP contribution >= 0.6 is 0 Å². The maximum atomic E-state index is 12.4. The Hall–Kier alpha value is -3.16. The van der Waals surface area contributed by atoms with Crippen LogP contribution < -0.4 is 10.6 Å². The summed E-state index contributed by atoms with van der Waals surface area (Å²) in [5, 5.41) is 10.6. The van der Waals surface area contributed by atoms with Crippen molar-refractivity contribution in [2.24, 2.45) is 0 Å². The van der Waals surface area contributed by atoms with Gasteiger partial charge >= 0.3 is 6.03 Å². The number of likely N-dealkylation sites (N-methyl/N-ethyl adjacent to an activating group) is 1. The minimum Gasteiger partial charge on any atom is -0.334 e. The number of hydrogen-bond donors (Lipinski definition) is 2. The fraction of sp³-hybridized carbons (Fsp3) is 0.407. The van der Waals surface area contributed by atoms with Crippen molar-refractivity contribution in [1.29, 1.82) is 0 Å². The molecule has 1 aliphatic heterocycles. The molecule has 0 radical (unpaired) electrons. The lowest BCUT2D eigenvalue weighted by atomic mass is 10.1. The first-order valence-corrected chi connectivity index (χ1v) is 12.0. The highest BCUT2D eigenvalue weighted by molar-refractivity contribution is 5.73. The van der Waals surface area contributed by atoms with Crippen molar-refractivity contribution in [1.82, 2.24) is 30.2 Å². The highest BCUT2D eigenvalue weighted by Gasteiger charge is 2.14. The molecule has 7 nitrogen and oxygen atoms in total. The number of nitrogens with one attached hydrogen (secondary N) is 2. The lowest BCUT2D eigenvalue weighted by Gasteiger charge is -2.32. The Morgan fingerprint density at radius 2 is 1.44 bits per heavy atom. The number of rotatable bonds is 8. The van der Waals surface area contributed by atoms with Crippen molar-refractivity contribution < 1.29 is 4.79 Å². The van der Waals surface area contributed by atoms with E-state index in [0.717, 1.165) is 61.8 Å². The van der Waals surface area contributed by atoms with Gasteiger partial charge in [-0.2, -0.15) is 5.10 Å². The molecule has 1 saturated heterocycles. The maximum absolute atomic E-state index is 12.4. The molecule has 1 aromatic heterocycles. The molecule has 2 aromatic carbocycles. The minimum atomic E-state index is -0.170. The normalized spacial score (nSPS) is 14.8. The van der Waals surface area contributed by atoms with Gasteiger partial charge in [-0.25, -0.2) is 4.79 Å². The first-order chi connectivity index (χ1) is 16.5. The highest BCUT2D eigenvalue weighted by Crippen LogP contribution is 2.15. The van der Waals surface area contributed by atoms with Gasteiger partial charge in [-0.3, -0.25) is 9.58 Å². The van der Waals surface area contributed by atoms with E-state index in [0.29, 0.717) is 13.1 Å². The van der Waals surface area contributed by atoms with Crippen LogP contribution in [0.3, 0.4) is 0 Å². The second kappa shape index (κ2) is 11.3. The monoisotopic (exact) mass is 460 g/mol. The molecular formula is C27H36N6O. The van der Waals surface area contributed by atoms with E-state index in [1.54, 1.807) is 0 Å². The van der Waals surface area contributed by atoms with Gasteiger partial charge in [0.2, 0.25) is 0 Å². The van der Waals surface area contributed by atoms with Crippen molar-refractivity contribution in [3.8, 4) is 0 Å². The number of amides is 2. The molecule has 4 rings (SSSR count). The van der Waals surface area contributed by atoms with Gasteiger partial charge in [-0.1, -0.05) is 54.6 Å². The van der Waals surface area contributed by atoms with Crippen LogP contribution in [0.15, 0.2) is 54.6 Å². The summed E-state index contributed by atoms with van der Waals surface area (Å²) in [6.07, 6.45) is 0. The minimum absolute atomic E-state index is 0.170. The lowest BCUT2D eigenvalue weighted by Crippen LogP contribution is -2.43. The van der Waals surface area contributed by atoms with Crippen LogP contribution in [0.1, 0.15) is 33.6 Å². The quantitative estimate of drug-likeness (QED) is 0.541. The van der Waals surface area contributed by atoms with Crippen LogP contribution in [-0.4, -0.2) is 58.8 Å². The number of urea groups is 1. The van der Waals surface area contributed by atoms with Crippen LogP contribution in [0, 0.1) is 13.8 Å². The first-order valence-electron chi connectivity index (χ1n) is 12.0. The summed E-state index contributed by atoms with van der Waals surface area (Å²) in [6, 6.07) is 18.7. The van der Waals surface area contributed by atoms with Crippen LogP contribution in [0.2, 0.25) is 0 Å². The molecule has 0 atom stereocenters. The molecule has 1 aliphatic rings. The molecule has 0 aliphatic carbocycles. The van der Waals surface area contributed by atoms with Crippen LogP contribution in [0.5, 0.6) is 0 Å². The van der Waals surface area contributed by atoms with Gasteiger partial charge in [0.1, 0.15) is 0 Å². The summed E-state index contributed by atoms with van der Waals surface area (Å²) in [7, 11) is 2.18. The van der Waals surface area contributed by atoms with Crippen molar-refractivity contribution >= 4 is 6.03 Å². The zero-order valence-corrected chi connectivity index (χ0v) is 20.6. The molecule has 1 fully saturated rings. The van der Waals surface area contributed by atoms with Crippen molar-refractivity contribution in [3.63, 3.8) is 0 Å². The molecule has 180 valence electrons. The number of nitrogens with zero attached hydrogens (tertiary/aromatic N) is 4. The Morgan fingerprint density at radius 3 is 2.15 bits per heavy atom. The molecule has 0 saturated carbocycles. The number of aryl methyl sites for hydroxylation is 1. The van der Waals surface area contributed by atoms with E-state index in [2.05, 4.69) is 75.9 Å². The fourth-order valence-electron chi connectivity index (χ4n) is 4.34. The van der Waals surface area contributed by atoms with E-state index < -0.39 is 0 Å². The van der Waals surface area contributed by atoms with Crippen LogP contribution in [0.25, 0.3) is 0 Å². The molecule has 2 N–H and O–H groups in total. The number of piperazine rings is 1. The number of carbonyl (C=O) groups excluding carboxylic acids is 1. The molecule has 3 aromatic rings.